The van der Waals surface area contributed by atoms with Gasteiger partial charge in [0.2, 0.25) is 0 Å². The van der Waals surface area contributed by atoms with Gasteiger partial charge >= 0.3 is 46.8 Å². The zero-order valence-corrected chi connectivity index (χ0v) is 30.6. The number of rotatable bonds is 20. The van der Waals surface area contributed by atoms with Crippen LogP contribution in [0, 0.1) is 64.5 Å². The fourth-order valence-corrected chi connectivity index (χ4v) is 3.77. The first-order chi connectivity index (χ1) is 18.9. The second-order valence-corrected chi connectivity index (χ2v) is 10.3. The van der Waals surface area contributed by atoms with E-state index in [-0.39, 0.29) is 64.5 Å². The first-order valence-electron chi connectivity index (χ1n) is 15.7. The molecule has 4 unspecified atom stereocenters. The Labute approximate surface area is 284 Å². The molecule has 0 aromatic heterocycles. The van der Waals surface area contributed by atoms with Crippen molar-refractivity contribution < 1.29 is 80.4 Å². The Morgan fingerprint density at radius 1 is 0.463 bits per heavy atom. The molecule has 0 saturated carbocycles. The topological polar surface area (TPSA) is 158 Å². The summed E-state index contributed by atoms with van der Waals surface area (Å²) < 4.78 is 0. The minimum absolute atomic E-state index is 0. The van der Waals surface area contributed by atoms with Crippen molar-refractivity contribution in [3.8, 4) is 0 Å². The van der Waals surface area contributed by atoms with Gasteiger partial charge in [-0.3, -0.25) is 4.79 Å². The van der Waals surface area contributed by atoms with Gasteiger partial charge in [-0.25, -0.2) is 0 Å². The van der Waals surface area contributed by atoms with Gasteiger partial charge in [-0.05, 0) is 69.1 Å². The van der Waals surface area contributed by atoms with Crippen LogP contribution in [0.5, 0.6) is 0 Å². The molecule has 0 saturated heterocycles. The molecule has 0 bridgehead atoms. The maximum Gasteiger partial charge on any atom is 3.00 e. The molecule has 0 amide bonds. The van der Waals surface area contributed by atoms with E-state index in [1.165, 1.54) is 0 Å². The van der Waals surface area contributed by atoms with Gasteiger partial charge in [0.1, 0.15) is 0 Å². The molecule has 0 fully saturated rings. The van der Waals surface area contributed by atoms with Crippen molar-refractivity contribution in [2.24, 2.45) is 23.7 Å². The summed E-state index contributed by atoms with van der Waals surface area (Å²) in [4.78, 5) is 41.4. The van der Waals surface area contributed by atoms with Crippen molar-refractivity contribution in [1.29, 1.82) is 0 Å². The van der Waals surface area contributed by atoms with Crippen LogP contribution in [0.2, 0.25) is 0 Å². The van der Waals surface area contributed by atoms with E-state index in [4.69, 9.17) is 5.11 Å². The zero-order valence-electron chi connectivity index (χ0n) is 27.4. The molecular weight excluding hydrogens is 657 g/mol. The molecule has 0 aliphatic rings. The van der Waals surface area contributed by atoms with Crippen molar-refractivity contribution >= 4 is 23.9 Å². The standard InChI is InChI=1S/4C8H16O2.Nd/c4*1-3-5-6-7(4-2)8(9)10;/h4*7H,3-6H2,1-2H3,(H,9,10);/q;;;;+3/p-3. The third-order valence-corrected chi connectivity index (χ3v) is 6.94. The van der Waals surface area contributed by atoms with E-state index in [1.54, 1.807) is 0 Å². The van der Waals surface area contributed by atoms with Crippen LogP contribution >= 0.6 is 0 Å². The predicted octanol–water partition coefficient (Wildman–Crippen LogP) is 5.15. The second-order valence-electron chi connectivity index (χ2n) is 10.3. The molecule has 0 rings (SSSR count). The molecule has 0 aliphatic heterocycles. The number of carboxylic acid groups (broad SMARTS) is 4. The summed E-state index contributed by atoms with van der Waals surface area (Å²) in [5.74, 6) is -4.10. The summed E-state index contributed by atoms with van der Waals surface area (Å²) in [6.07, 6.45) is 14.3. The molecular formula is C32H61NdO8. The molecule has 0 spiro atoms. The minimum Gasteiger partial charge on any atom is -0.550 e. The number of carboxylic acids is 4. The van der Waals surface area contributed by atoms with Crippen LogP contribution < -0.4 is 15.3 Å². The molecule has 1 radical (unpaired) electrons. The Kier molecular flexibility index (Phi) is 45.3. The summed E-state index contributed by atoms with van der Waals surface area (Å²) in [5.41, 5.74) is 0. The quantitative estimate of drug-likeness (QED) is 0.181. The van der Waals surface area contributed by atoms with Crippen molar-refractivity contribution in [2.45, 2.75) is 158 Å². The van der Waals surface area contributed by atoms with E-state index in [0.29, 0.717) is 19.3 Å². The first-order valence-corrected chi connectivity index (χ1v) is 15.7. The molecule has 4 atom stereocenters. The maximum atomic E-state index is 10.4. The van der Waals surface area contributed by atoms with Crippen molar-refractivity contribution in [1.82, 2.24) is 0 Å². The average molecular weight is 718 g/mol. The molecule has 41 heavy (non-hydrogen) atoms. The van der Waals surface area contributed by atoms with Crippen LogP contribution in [0.3, 0.4) is 0 Å². The number of carbonyl (C=O) groups is 4. The fourth-order valence-electron chi connectivity index (χ4n) is 3.77. The molecule has 0 heterocycles. The molecule has 0 aromatic rings. The van der Waals surface area contributed by atoms with Crippen LogP contribution in [-0.2, 0) is 19.2 Å². The third-order valence-electron chi connectivity index (χ3n) is 6.94. The van der Waals surface area contributed by atoms with Gasteiger partial charge < -0.3 is 34.8 Å². The maximum absolute atomic E-state index is 10.4. The van der Waals surface area contributed by atoms with Gasteiger partial charge in [0, 0.05) is 17.9 Å². The Morgan fingerprint density at radius 2 is 0.659 bits per heavy atom. The Hall–Kier alpha value is -0.769. The molecule has 0 aromatic carbocycles. The molecule has 0 aliphatic carbocycles. The van der Waals surface area contributed by atoms with E-state index < -0.39 is 23.9 Å². The van der Waals surface area contributed by atoms with Gasteiger partial charge in [0.15, 0.2) is 0 Å². The van der Waals surface area contributed by atoms with Crippen molar-refractivity contribution in [2.75, 3.05) is 0 Å². The summed E-state index contributed by atoms with van der Waals surface area (Å²) >= 11 is 0. The van der Waals surface area contributed by atoms with E-state index in [1.807, 2.05) is 27.7 Å². The summed E-state index contributed by atoms with van der Waals surface area (Å²) in [6, 6.07) is 0. The van der Waals surface area contributed by atoms with E-state index in [9.17, 15) is 34.5 Å². The zero-order chi connectivity index (χ0) is 31.9. The number of hydrogen-bond acceptors (Lipinski definition) is 7. The molecule has 1 N–H and O–H groups in total. The summed E-state index contributed by atoms with van der Waals surface area (Å²) in [5, 5.41) is 39.6. The first kappa shape index (κ1) is 49.9. The summed E-state index contributed by atoms with van der Waals surface area (Å²) in [7, 11) is 0. The number of unbranched alkanes of at least 4 members (excludes halogenated alkanes) is 4. The van der Waals surface area contributed by atoms with Crippen LogP contribution in [0.4, 0.5) is 0 Å². The summed E-state index contributed by atoms with van der Waals surface area (Å²) in [6.45, 7) is 15.8. The average Bonchev–Trinajstić information content (AvgIpc) is 2.91. The Morgan fingerprint density at radius 3 is 0.780 bits per heavy atom. The van der Waals surface area contributed by atoms with Crippen LogP contribution in [0.1, 0.15) is 158 Å². The Bertz CT molecular complexity index is 509. The molecule has 9 heteroatoms. The monoisotopic (exact) mass is 715 g/mol. The van der Waals surface area contributed by atoms with Gasteiger partial charge in [0.05, 0.1) is 5.92 Å². The SMILES string of the molecule is CCCCC(CC)C(=O)O.CCCCC(CC)C(=O)[O-].CCCCC(CC)C(=O)[O-].CCCCC(CC)C(=O)[O-].[Nd+3]. The number of aliphatic carboxylic acids is 4. The van der Waals surface area contributed by atoms with E-state index in [2.05, 4.69) is 27.7 Å². The fraction of sp³-hybridized carbons (Fsp3) is 0.875. The minimum atomic E-state index is -0.893. The van der Waals surface area contributed by atoms with Crippen LogP contribution in [-0.4, -0.2) is 29.0 Å². The molecule has 241 valence electrons. The van der Waals surface area contributed by atoms with Gasteiger partial charge in [-0.2, -0.15) is 0 Å². The van der Waals surface area contributed by atoms with Crippen molar-refractivity contribution in [3.05, 3.63) is 0 Å². The van der Waals surface area contributed by atoms with Gasteiger partial charge in [-0.1, -0.05) is 107 Å². The van der Waals surface area contributed by atoms with Crippen LogP contribution in [0.25, 0.3) is 0 Å². The smallest absolute Gasteiger partial charge is 0.550 e. The Balaban J connectivity index is -0.000000139. The molecule has 8 nitrogen and oxygen atoms in total. The number of hydrogen-bond donors (Lipinski definition) is 1. The third kappa shape index (κ3) is 35.3. The predicted molar refractivity (Wildman–Crippen MR) is 156 cm³/mol. The van der Waals surface area contributed by atoms with Crippen LogP contribution in [0.15, 0.2) is 0 Å². The second kappa shape index (κ2) is 37.3. The normalized spacial score (nSPS) is 12.7. The van der Waals surface area contributed by atoms with Gasteiger partial charge in [-0.15, -0.1) is 0 Å². The van der Waals surface area contributed by atoms with E-state index in [0.717, 1.165) is 83.5 Å². The largest absolute Gasteiger partial charge is 3.00 e. The van der Waals surface area contributed by atoms with Crippen molar-refractivity contribution in [3.63, 3.8) is 0 Å². The van der Waals surface area contributed by atoms with E-state index >= 15 is 0 Å². The van der Waals surface area contributed by atoms with Gasteiger partial charge in [0.25, 0.3) is 0 Å². The number of carbonyl (C=O) groups excluding carboxylic acids is 3.